The molecule has 4 rings (SSSR count). The maximum atomic E-state index is 11.9. The van der Waals surface area contributed by atoms with Gasteiger partial charge in [-0.3, -0.25) is 4.79 Å². The zero-order valence-corrected chi connectivity index (χ0v) is 17.4. The van der Waals surface area contributed by atoms with Crippen molar-refractivity contribution in [2.45, 2.75) is 0 Å². The number of carbonyl (C=O) groups excluding carboxylic acids is 1. The lowest BCUT2D eigenvalue weighted by atomic mass is 10.1. The topological polar surface area (TPSA) is 113 Å². The number of amides is 1. The first-order valence-electron chi connectivity index (χ1n) is 9.90. The van der Waals surface area contributed by atoms with E-state index in [1.54, 1.807) is 30.5 Å². The summed E-state index contributed by atoms with van der Waals surface area (Å²) in [4.78, 5) is 24.7. The highest BCUT2D eigenvalue weighted by Gasteiger charge is 2.11. The van der Waals surface area contributed by atoms with E-state index in [1.165, 1.54) is 6.33 Å². The Labute approximate surface area is 190 Å². The van der Waals surface area contributed by atoms with Crippen LogP contribution >= 0.6 is 0 Å². The molecule has 0 aliphatic heterocycles. The Balaban J connectivity index is 1.53. The van der Waals surface area contributed by atoms with Crippen LogP contribution in [0.1, 0.15) is 0 Å². The van der Waals surface area contributed by atoms with Gasteiger partial charge in [-0.05, 0) is 42.0 Å². The second-order valence-electron chi connectivity index (χ2n) is 6.80. The van der Waals surface area contributed by atoms with E-state index >= 15 is 0 Å². The SMILES string of the molecule is C=C(C#N)C(=O)Nc1cccc(Nc2ncncc2-c2ccc(Oc3ccccc3)cc2)n1. The molecule has 0 atom stereocenters. The number of pyridine rings is 1. The van der Waals surface area contributed by atoms with Crippen LogP contribution in [0.4, 0.5) is 17.5 Å². The van der Waals surface area contributed by atoms with Gasteiger partial charge < -0.3 is 15.4 Å². The van der Waals surface area contributed by atoms with Gasteiger partial charge in [-0.1, -0.05) is 43.0 Å². The third-order valence-electron chi connectivity index (χ3n) is 4.50. The molecule has 160 valence electrons. The second-order valence-corrected chi connectivity index (χ2v) is 6.80. The van der Waals surface area contributed by atoms with Gasteiger partial charge in [0, 0.05) is 11.8 Å². The summed E-state index contributed by atoms with van der Waals surface area (Å²) < 4.78 is 5.85. The average molecular weight is 434 g/mol. The van der Waals surface area contributed by atoms with Gasteiger partial charge in [0.2, 0.25) is 0 Å². The van der Waals surface area contributed by atoms with E-state index in [-0.39, 0.29) is 11.4 Å². The van der Waals surface area contributed by atoms with Crippen molar-refractivity contribution in [2.24, 2.45) is 0 Å². The van der Waals surface area contributed by atoms with Crippen molar-refractivity contribution in [1.82, 2.24) is 15.0 Å². The van der Waals surface area contributed by atoms with E-state index < -0.39 is 5.91 Å². The third-order valence-corrected chi connectivity index (χ3v) is 4.50. The van der Waals surface area contributed by atoms with Crippen LogP contribution in [0.3, 0.4) is 0 Å². The molecule has 0 saturated carbocycles. The number of ether oxygens (including phenoxy) is 1. The molecule has 0 saturated heterocycles. The number of nitrogens with zero attached hydrogens (tertiary/aromatic N) is 4. The molecule has 2 aromatic heterocycles. The lowest BCUT2D eigenvalue weighted by molar-refractivity contribution is -0.112. The molecular formula is C25H18N6O2. The van der Waals surface area contributed by atoms with Gasteiger partial charge >= 0.3 is 0 Å². The monoisotopic (exact) mass is 434 g/mol. The quantitative estimate of drug-likeness (QED) is 0.308. The number of benzene rings is 2. The summed E-state index contributed by atoms with van der Waals surface area (Å²) in [5.74, 6) is 2.13. The average Bonchev–Trinajstić information content (AvgIpc) is 2.85. The van der Waals surface area contributed by atoms with E-state index in [9.17, 15) is 4.79 Å². The fourth-order valence-electron chi connectivity index (χ4n) is 2.91. The van der Waals surface area contributed by atoms with Crippen LogP contribution in [0.25, 0.3) is 11.1 Å². The molecule has 0 unspecified atom stereocenters. The summed E-state index contributed by atoms with van der Waals surface area (Å²) in [6, 6.07) is 23.9. The van der Waals surface area contributed by atoms with Gasteiger partial charge in [0.1, 0.15) is 46.9 Å². The lowest BCUT2D eigenvalue weighted by Gasteiger charge is -2.12. The largest absolute Gasteiger partial charge is 0.457 e. The molecule has 1 amide bonds. The van der Waals surface area contributed by atoms with Gasteiger partial charge in [-0.2, -0.15) is 5.26 Å². The molecule has 4 aromatic rings. The number of aromatic nitrogens is 3. The van der Waals surface area contributed by atoms with Crippen molar-refractivity contribution in [1.29, 1.82) is 5.26 Å². The summed E-state index contributed by atoms with van der Waals surface area (Å²) in [6.45, 7) is 3.39. The standard InChI is InChI=1S/C25H18N6O2/c1-17(14-26)25(32)31-23-9-5-8-22(29-23)30-24-21(15-27-16-28-24)18-10-12-20(13-11-18)33-19-6-3-2-4-7-19/h2-13,15-16H,1H2,(H2,27,28,29,30,31,32). The van der Waals surface area contributed by atoms with Crippen molar-refractivity contribution in [3.8, 4) is 28.7 Å². The Morgan fingerprint density at radius 1 is 0.939 bits per heavy atom. The normalized spacial score (nSPS) is 10.0. The molecule has 0 fully saturated rings. The maximum absolute atomic E-state index is 11.9. The second kappa shape index (κ2) is 9.85. The predicted octanol–water partition coefficient (Wildman–Crippen LogP) is 5.09. The molecule has 0 bridgehead atoms. The minimum atomic E-state index is -0.609. The van der Waals surface area contributed by atoms with Gasteiger partial charge in [0.25, 0.3) is 5.91 Å². The minimum absolute atomic E-state index is 0.201. The number of nitrogens with one attached hydrogen (secondary N) is 2. The fraction of sp³-hybridized carbons (Fsp3) is 0. The zero-order valence-electron chi connectivity index (χ0n) is 17.4. The van der Waals surface area contributed by atoms with Crippen LogP contribution in [0.5, 0.6) is 11.5 Å². The van der Waals surface area contributed by atoms with Crippen molar-refractivity contribution < 1.29 is 9.53 Å². The smallest absolute Gasteiger partial charge is 0.266 e. The Hall–Kier alpha value is -5.03. The predicted molar refractivity (Wildman–Crippen MR) is 125 cm³/mol. The highest BCUT2D eigenvalue weighted by molar-refractivity contribution is 6.05. The Kier molecular flexibility index (Phi) is 6.33. The summed E-state index contributed by atoms with van der Waals surface area (Å²) >= 11 is 0. The molecule has 0 radical (unpaired) electrons. The zero-order chi connectivity index (χ0) is 23.0. The van der Waals surface area contributed by atoms with Crippen molar-refractivity contribution in [2.75, 3.05) is 10.6 Å². The van der Waals surface area contributed by atoms with Gasteiger partial charge in [-0.25, -0.2) is 15.0 Å². The van der Waals surface area contributed by atoms with Gasteiger partial charge in [0.15, 0.2) is 0 Å². The number of anilines is 3. The molecule has 2 aromatic carbocycles. The highest BCUT2D eigenvalue weighted by atomic mass is 16.5. The number of hydrogen-bond donors (Lipinski definition) is 2. The van der Waals surface area contributed by atoms with Crippen LogP contribution < -0.4 is 15.4 Å². The van der Waals surface area contributed by atoms with Crippen LogP contribution in [-0.4, -0.2) is 20.9 Å². The van der Waals surface area contributed by atoms with Crippen molar-refractivity contribution in [3.63, 3.8) is 0 Å². The highest BCUT2D eigenvalue weighted by Crippen LogP contribution is 2.30. The summed E-state index contributed by atoms with van der Waals surface area (Å²) in [5.41, 5.74) is 1.44. The van der Waals surface area contributed by atoms with Crippen LogP contribution in [0.2, 0.25) is 0 Å². The van der Waals surface area contributed by atoms with Crippen molar-refractivity contribution >= 4 is 23.4 Å². The molecule has 8 nitrogen and oxygen atoms in total. The molecule has 0 aliphatic rings. The van der Waals surface area contributed by atoms with Gasteiger partial charge in [0.05, 0.1) is 0 Å². The van der Waals surface area contributed by atoms with E-state index in [4.69, 9.17) is 10.00 Å². The van der Waals surface area contributed by atoms with Crippen molar-refractivity contribution in [3.05, 3.63) is 97.5 Å². The van der Waals surface area contributed by atoms with Crippen LogP contribution in [0.15, 0.2) is 97.5 Å². The number of para-hydroxylation sites is 1. The van der Waals surface area contributed by atoms with Crippen LogP contribution in [0, 0.1) is 11.3 Å². The first kappa shape index (κ1) is 21.2. The first-order valence-corrected chi connectivity index (χ1v) is 9.90. The lowest BCUT2D eigenvalue weighted by Crippen LogP contribution is -2.14. The number of carbonyl (C=O) groups is 1. The Bertz CT molecular complexity index is 1330. The molecule has 2 N–H and O–H groups in total. The molecule has 0 spiro atoms. The number of rotatable bonds is 7. The van der Waals surface area contributed by atoms with E-state index in [0.717, 1.165) is 16.9 Å². The summed E-state index contributed by atoms with van der Waals surface area (Å²) in [5, 5.41) is 14.5. The first-order chi connectivity index (χ1) is 16.1. The van der Waals surface area contributed by atoms with E-state index in [2.05, 4.69) is 32.2 Å². The molecule has 33 heavy (non-hydrogen) atoms. The third kappa shape index (κ3) is 5.37. The van der Waals surface area contributed by atoms with E-state index in [1.807, 2.05) is 54.6 Å². The minimum Gasteiger partial charge on any atom is -0.457 e. The number of nitriles is 1. The number of hydrogen-bond acceptors (Lipinski definition) is 7. The molecule has 2 heterocycles. The fourth-order valence-corrected chi connectivity index (χ4v) is 2.91. The summed E-state index contributed by atoms with van der Waals surface area (Å²) in [7, 11) is 0. The Morgan fingerprint density at radius 3 is 2.42 bits per heavy atom. The van der Waals surface area contributed by atoms with Crippen LogP contribution in [-0.2, 0) is 4.79 Å². The summed E-state index contributed by atoms with van der Waals surface area (Å²) in [6.07, 6.45) is 3.13. The van der Waals surface area contributed by atoms with Gasteiger partial charge in [-0.15, -0.1) is 0 Å². The molecular weight excluding hydrogens is 416 g/mol. The Morgan fingerprint density at radius 2 is 1.67 bits per heavy atom. The molecule has 8 heteroatoms. The molecule has 0 aliphatic carbocycles. The maximum Gasteiger partial charge on any atom is 0.266 e. The van der Waals surface area contributed by atoms with E-state index in [0.29, 0.717) is 17.4 Å².